The number of benzene rings is 2. The predicted octanol–water partition coefficient (Wildman–Crippen LogP) is 3.91. The average molecular weight is 502 g/mol. The topological polar surface area (TPSA) is 129 Å². The first kappa shape index (κ1) is 26.3. The Labute approximate surface area is 210 Å². The van der Waals surface area contributed by atoms with Gasteiger partial charge in [-0.05, 0) is 68.8 Å². The maximum Gasteiger partial charge on any atom is 0.307 e. The van der Waals surface area contributed by atoms with Gasteiger partial charge in [0.15, 0.2) is 5.84 Å². The van der Waals surface area contributed by atoms with Crippen LogP contribution >= 0.6 is 11.6 Å². The van der Waals surface area contributed by atoms with Gasteiger partial charge in [0.2, 0.25) is 0 Å². The number of likely N-dealkylation sites (tertiary alicyclic amines) is 1. The Morgan fingerprint density at radius 1 is 1.23 bits per heavy atom. The molecule has 3 rings (SSSR count). The number of ether oxygens (including phenoxy) is 1. The number of esters is 1. The first-order valence-corrected chi connectivity index (χ1v) is 12.1. The fourth-order valence-electron chi connectivity index (χ4n) is 4.12. The van der Waals surface area contributed by atoms with E-state index in [1.807, 2.05) is 6.92 Å². The lowest BCUT2D eigenvalue weighted by molar-refractivity contribution is -0.143. The molecular weight excluding hydrogens is 470 g/mol. The Morgan fingerprint density at radius 2 is 2.00 bits per heavy atom. The largest absolute Gasteiger partial charge is 0.466 e. The molecule has 0 aromatic heterocycles. The molecule has 2 aromatic carbocycles. The number of halogens is 1. The number of nitrogens with one attached hydrogen (secondary N) is 2. The molecule has 1 saturated heterocycles. The van der Waals surface area contributed by atoms with Crippen molar-refractivity contribution in [2.45, 2.75) is 38.6 Å². The van der Waals surface area contributed by atoms with Crippen molar-refractivity contribution >= 4 is 40.7 Å². The Kier molecular flexibility index (Phi) is 9.75. The highest BCUT2D eigenvalue weighted by atomic mass is 35.5. The summed E-state index contributed by atoms with van der Waals surface area (Å²) in [6.45, 7) is 4.42. The van der Waals surface area contributed by atoms with E-state index in [0.717, 1.165) is 25.8 Å². The van der Waals surface area contributed by atoms with Crippen molar-refractivity contribution in [1.82, 2.24) is 4.90 Å². The third kappa shape index (κ3) is 7.60. The van der Waals surface area contributed by atoms with Crippen molar-refractivity contribution in [3.05, 3.63) is 58.6 Å². The first-order valence-electron chi connectivity index (χ1n) is 11.7. The fraction of sp³-hybridized carbons (Fsp3) is 0.400. The summed E-state index contributed by atoms with van der Waals surface area (Å²) in [6.07, 6.45) is 3.60. The van der Waals surface area contributed by atoms with Crippen LogP contribution in [0.4, 0.5) is 11.4 Å². The predicted molar refractivity (Wildman–Crippen MR) is 137 cm³/mol. The molecule has 1 atom stereocenters. The second-order valence-electron chi connectivity index (χ2n) is 8.33. The van der Waals surface area contributed by atoms with E-state index in [1.54, 1.807) is 42.5 Å². The molecule has 9 nitrogen and oxygen atoms in total. The molecule has 0 bridgehead atoms. The first-order chi connectivity index (χ1) is 16.9. The smallest absolute Gasteiger partial charge is 0.307 e. The van der Waals surface area contributed by atoms with E-state index in [-0.39, 0.29) is 23.8 Å². The van der Waals surface area contributed by atoms with Crippen LogP contribution in [0.3, 0.4) is 0 Å². The minimum absolute atomic E-state index is 0.0109. The van der Waals surface area contributed by atoms with Crippen LogP contribution in [0.25, 0.3) is 0 Å². The van der Waals surface area contributed by atoms with Gasteiger partial charge in [0.25, 0.3) is 5.91 Å². The molecule has 2 aromatic rings. The van der Waals surface area contributed by atoms with Crippen LogP contribution in [-0.4, -0.2) is 60.1 Å². The summed E-state index contributed by atoms with van der Waals surface area (Å²) in [5.41, 5.74) is 7.79. The standard InChI is InChI=1S/C25H32ClN5O4/c1-2-35-23(32)12-14-31-13-4-3-5-20(31)16-28-22-11-8-18(26)15-21(22)25(33)29-19-9-6-17(7-10-19)24(27)30-34/h6-11,15,20,28,34H,2-5,12-14,16H2,1H3,(H2,27,30)(H,29,33). The Balaban J connectivity index is 1.66. The molecular formula is C25H32ClN5O4. The van der Waals surface area contributed by atoms with Crippen LogP contribution in [0, 0.1) is 0 Å². The van der Waals surface area contributed by atoms with Crippen molar-refractivity contribution in [2.75, 3.05) is 36.9 Å². The Bertz CT molecular complexity index is 1040. The molecule has 1 aliphatic rings. The van der Waals surface area contributed by atoms with E-state index in [4.69, 9.17) is 27.3 Å². The van der Waals surface area contributed by atoms with E-state index in [9.17, 15) is 9.59 Å². The third-order valence-corrected chi connectivity index (χ3v) is 6.19. The van der Waals surface area contributed by atoms with Crippen molar-refractivity contribution in [3.63, 3.8) is 0 Å². The van der Waals surface area contributed by atoms with Gasteiger partial charge in [-0.1, -0.05) is 23.2 Å². The summed E-state index contributed by atoms with van der Waals surface area (Å²) in [6, 6.07) is 12.1. The summed E-state index contributed by atoms with van der Waals surface area (Å²) < 4.78 is 5.06. The van der Waals surface area contributed by atoms with Crippen molar-refractivity contribution in [1.29, 1.82) is 0 Å². The van der Waals surface area contributed by atoms with Crippen LogP contribution in [0.15, 0.2) is 47.6 Å². The van der Waals surface area contributed by atoms with Gasteiger partial charge in [-0.25, -0.2) is 0 Å². The number of carbonyl (C=O) groups excluding carboxylic acids is 2. The lowest BCUT2D eigenvalue weighted by atomic mass is 10.0. The normalized spacial score (nSPS) is 16.5. The van der Waals surface area contributed by atoms with E-state index >= 15 is 0 Å². The molecule has 0 radical (unpaired) electrons. The number of nitrogens with zero attached hydrogens (tertiary/aromatic N) is 2. The van der Waals surface area contributed by atoms with E-state index < -0.39 is 0 Å². The van der Waals surface area contributed by atoms with Gasteiger partial charge < -0.3 is 26.3 Å². The van der Waals surface area contributed by atoms with Crippen molar-refractivity contribution in [3.8, 4) is 0 Å². The van der Waals surface area contributed by atoms with Gasteiger partial charge in [0.05, 0.1) is 18.6 Å². The molecule has 0 saturated carbocycles. The van der Waals surface area contributed by atoms with E-state index in [0.29, 0.717) is 53.6 Å². The van der Waals surface area contributed by atoms with Gasteiger partial charge in [0.1, 0.15) is 0 Å². The second-order valence-corrected chi connectivity index (χ2v) is 8.76. The van der Waals surface area contributed by atoms with Gasteiger partial charge in [-0.3, -0.25) is 14.5 Å². The molecule has 188 valence electrons. The maximum atomic E-state index is 13.1. The summed E-state index contributed by atoms with van der Waals surface area (Å²) in [4.78, 5) is 27.2. The molecule has 1 fully saturated rings. The quantitative estimate of drug-likeness (QED) is 0.128. The highest BCUT2D eigenvalue weighted by molar-refractivity contribution is 6.31. The molecule has 1 amide bonds. The SMILES string of the molecule is CCOC(=O)CCN1CCCCC1CNc1ccc(Cl)cc1C(=O)Nc1ccc(C(N)=NO)cc1. The molecule has 35 heavy (non-hydrogen) atoms. The second kappa shape index (κ2) is 13.0. The molecule has 0 spiro atoms. The molecule has 5 N–H and O–H groups in total. The number of amidine groups is 1. The number of hydrogen-bond acceptors (Lipinski definition) is 7. The number of rotatable bonds is 10. The number of anilines is 2. The molecule has 1 heterocycles. The minimum atomic E-state index is -0.311. The van der Waals surface area contributed by atoms with Crippen LogP contribution in [0.5, 0.6) is 0 Å². The summed E-state index contributed by atoms with van der Waals surface area (Å²) in [5, 5.41) is 18.5. The number of piperidine rings is 1. The van der Waals surface area contributed by atoms with Crippen LogP contribution in [0.2, 0.25) is 5.02 Å². The fourth-order valence-corrected chi connectivity index (χ4v) is 4.29. The van der Waals surface area contributed by atoms with E-state index in [1.165, 1.54) is 0 Å². The maximum absolute atomic E-state index is 13.1. The van der Waals surface area contributed by atoms with E-state index in [2.05, 4.69) is 20.7 Å². The Hall–Kier alpha value is -3.30. The molecule has 1 unspecified atom stereocenters. The average Bonchev–Trinajstić information content (AvgIpc) is 2.87. The number of nitrogens with two attached hydrogens (primary N) is 1. The summed E-state index contributed by atoms with van der Waals surface area (Å²) in [5.74, 6) is -0.501. The molecule has 1 aliphatic heterocycles. The molecule has 0 aliphatic carbocycles. The van der Waals surface area contributed by atoms with Gasteiger partial charge in [0, 0.05) is 41.1 Å². The molecule has 10 heteroatoms. The zero-order valence-corrected chi connectivity index (χ0v) is 20.6. The lowest BCUT2D eigenvalue weighted by Gasteiger charge is -2.36. The number of hydrogen-bond donors (Lipinski definition) is 4. The third-order valence-electron chi connectivity index (χ3n) is 5.96. The highest BCUT2D eigenvalue weighted by Crippen LogP contribution is 2.24. The van der Waals surface area contributed by atoms with Crippen molar-refractivity contribution in [2.24, 2.45) is 10.9 Å². The zero-order valence-electron chi connectivity index (χ0n) is 19.8. The minimum Gasteiger partial charge on any atom is -0.466 e. The number of carbonyl (C=O) groups is 2. The highest BCUT2D eigenvalue weighted by Gasteiger charge is 2.23. The summed E-state index contributed by atoms with van der Waals surface area (Å²) >= 11 is 6.19. The van der Waals surface area contributed by atoms with Gasteiger partial charge in [-0.2, -0.15) is 0 Å². The number of amides is 1. The monoisotopic (exact) mass is 501 g/mol. The Morgan fingerprint density at radius 3 is 2.71 bits per heavy atom. The lowest BCUT2D eigenvalue weighted by Crippen LogP contribution is -2.44. The zero-order chi connectivity index (χ0) is 25.2. The van der Waals surface area contributed by atoms with Crippen LogP contribution in [-0.2, 0) is 9.53 Å². The van der Waals surface area contributed by atoms with Gasteiger partial charge in [-0.15, -0.1) is 0 Å². The van der Waals surface area contributed by atoms with Crippen LogP contribution < -0.4 is 16.4 Å². The number of oxime groups is 1. The van der Waals surface area contributed by atoms with Crippen LogP contribution in [0.1, 0.15) is 48.5 Å². The van der Waals surface area contributed by atoms with Gasteiger partial charge >= 0.3 is 5.97 Å². The summed E-state index contributed by atoms with van der Waals surface area (Å²) in [7, 11) is 0. The van der Waals surface area contributed by atoms with Crippen molar-refractivity contribution < 1.29 is 19.5 Å².